The van der Waals surface area contributed by atoms with Gasteiger partial charge in [-0.15, -0.1) is 0 Å². The van der Waals surface area contributed by atoms with Crippen molar-refractivity contribution in [3.8, 4) is 17.2 Å². The second-order valence-electron chi connectivity index (χ2n) is 5.84. The van der Waals surface area contributed by atoms with Crippen molar-refractivity contribution in [3.63, 3.8) is 0 Å². The van der Waals surface area contributed by atoms with Crippen molar-refractivity contribution in [2.75, 3.05) is 0 Å². The molecule has 138 valence electrons. The van der Waals surface area contributed by atoms with Gasteiger partial charge in [-0.25, -0.2) is 9.37 Å². The molecule has 0 aliphatic rings. The number of benzene rings is 2. The third kappa shape index (κ3) is 3.56. The van der Waals surface area contributed by atoms with Crippen LogP contribution in [0.4, 0.5) is 4.39 Å². The molecule has 1 atom stereocenters. The van der Waals surface area contributed by atoms with Gasteiger partial charge in [0, 0.05) is 16.5 Å². The summed E-state index contributed by atoms with van der Waals surface area (Å²) in [4.78, 5) is 27.1. The molecule has 4 N–H and O–H groups in total. The van der Waals surface area contributed by atoms with Crippen LogP contribution in [0.2, 0.25) is 0 Å². The van der Waals surface area contributed by atoms with Crippen LogP contribution in [0.15, 0.2) is 42.5 Å². The molecule has 1 heterocycles. The number of aromatic nitrogens is 1. The number of hydrogen-bond donors (Lipinski definition) is 3. The van der Waals surface area contributed by atoms with Crippen molar-refractivity contribution >= 4 is 22.5 Å². The van der Waals surface area contributed by atoms with E-state index in [4.69, 9.17) is 15.6 Å². The van der Waals surface area contributed by atoms with Crippen LogP contribution in [0.1, 0.15) is 16.2 Å². The molecule has 27 heavy (non-hydrogen) atoms. The van der Waals surface area contributed by atoms with Gasteiger partial charge in [-0.05, 0) is 49.4 Å². The number of nitrogens with zero attached hydrogens (tertiary/aromatic N) is 1. The number of nitrogens with two attached hydrogens (primary N) is 1. The second kappa shape index (κ2) is 7.00. The highest BCUT2D eigenvalue weighted by Crippen LogP contribution is 2.34. The normalized spacial score (nSPS) is 12.0. The molecular weight excluding hydrogens is 355 g/mol. The maximum Gasteiger partial charge on any atom is 0.328 e. The number of carboxylic acid groups (broad SMARTS) is 1. The van der Waals surface area contributed by atoms with Gasteiger partial charge < -0.3 is 20.7 Å². The van der Waals surface area contributed by atoms with Gasteiger partial charge in [-0.1, -0.05) is 0 Å². The van der Waals surface area contributed by atoms with E-state index in [2.05, 4.69) is 4.98 Å². The van der Waals surface area contributed by atoms with E-state index in [1.807, 2.05) is 0 Å². The topological polar surface area (TPSA) is 123 Å². The molecule has 3 aromatic rings. The summed E-state index contributed by atoms with van der Waals surface area (Å²) in [6.07, 6.45) is 0. The Morgan fingerprint density at radius 1 is 1.11 bits per heavy atom. The van der Waals surface area contributed by atoms with Gasteiger partial charge in [-0.3, -0.25) is 9.59 Å². The van der Waals surface area contributed by atoms with Crippen molar-refractivity contribution < 1.29 is 28.9 Å². The molecule has 0 amide bonds. The van der Waals surface area contributed by atoms with E-state index >= 15 is 0 Å². The smallest absolute Gasteiger partial charge is 0.328 e. The SMILES string of the molecule is Cc1nc(C(=O)C(N)C(=O)O)c(O)c2ccc(Oc3ccc(F)cc3)cc12. The molecule has 0 saturated carbocycles. The quantitative estimate of drug-likeness (QED) is 0.466. The number of carboxylic acids is 1. The second-order valence-corrected chi connectivity index (χ2v) is 5.84. The van der Waals surface area contributed by atoms with Gasteiger partial charge in [0.2, 0.25) is 5.78 Å². The monoisotopic (exact) mass is 370 g/mol. The maximum atomic E-state index is 13.0. The number of rotatable bonds is 5. The van der Waals surface area contributed by atoms with Crippen LogP contribution in [0.25, 0.3) is 10.8 Å². The van der Waals surface area contributed by atoms with Crippen LogP contribution < -0.4 is 10.5 Å². The van der Waals surface area contributed by atoms with E-state index in [0.717, 1.165) is 0 Å². The number of aromatic hydroxyl groups is 1. The number of Topliss-reactive ketones (excluding diaryl/α,β-unsaturated/α-hetero) is 1. The fraction of sp³-hybridized carbons (Fsp3) is 0.105. The summed E-state index contributed by atoms with van der Waals surface area (Å²) in [5.41, 5.74) is 5.31. The number of ketones is 1. The highest BCUT2D eigenvalue weighted by molar-refractivity contribution is 6.13. The third-order valence-corrected chi connectivity index (χ3v) is 3.97. The Balaban J connectivity index is 2.02. The first-order chi connectivity index (χ1) is 12.8. The van der Waals surface area contributed by atoms with Gasteiger partial charge in [0.25, 0.3) is 0 Å². The molecule has 0 fully saturated rings. The summed E-state index contributed by atoms with van der Waals surface area (Å²) in [6, 6.07) is 8.32. The fourth-order valence-corrected chi connectivity index (χ4v) is 2.57. The van der Waals surface area contributed by atoms with Gasteiger partial charge in [0.15, 0.2) is 17.5 Å². The van der Waals surface area contributed by atoms with E-state index in [0.29, 0.717) is 28.0 Å². The predicted molar refractivity (Wildman–Crippen MR) is 94.6 cm³/mol. The highest BCUT2D eigenvalue weighted by Gasteiger charge is 2.28. The number of fused-ring (bicyclic) bond motifs is 1. The van der Waals surface area contributed by atoms with Crippen molar-refractivity contribution in [1.82, 2.24) is 4.98 Å². The van der Waals surface area contributed by atoms with E-state index in [9.17, 15) is 19.1 Å². The van der Waals surface area contributed by atoms with Gasteiger partial charge in [0.1, 0.15) is 17.3 Å². The zero-order valence-corrected chi connectivity index (χ0v) is 14.1. The number of aliphatic carboxylic acids is 1. The van der Waals surface area contributed by atoms with Crippen LogP contribution in [0.5, 0.6) is 17.2 Å². The Bertz CT molecular complexity index is 1050. The number of ether oxygens (including phenoxy) is 1. The summed E-state index contributed by atoms with van der Waals surface area (Å²) < 4.78 is 18.6. The first kappa shape index (κ1) is 18.3. The van der Waals surface area contributed by atoms with Gasteiger partial charge in [0.05, 0.1) is 0 Å². The van der Waals surface area contributed by atoms with E-state index in [1.54, 1.807) is 19.1 Å². The Morgan fingerprint density at radius 2 is 1.74 bits per heavy atom. The Hall–Kier alpha value is -3.52. The minimum absolute atomic E-state index is 0.301. The van der Waals surface area contributed by atoms with Crippen LogP contribution in [0, 0.1) is 12.7 Å². The summed E-state index contributed by atoms with van der Waals surface area (Å²) in [7, 11) is 0. The summed E-state index contributed by atoms with van der Waals surface area (Å²) in [5.74, 6) is -2.50. The Labute approximate surface area is 152 Å². The number of carbonyl (C=O) groups excluding carboxylic acids is 1. The molecule has 0 aliphatic heterocycles. The van der Waals surface area contributed by atoms with Crippen molar-refractivity contribution in [2.24, 2.45) is 5.73 Å². The fourth-order valence-electron chi connectivity index (χ4n) is 2.57. The number of halogens is 1. The molecule has 0 bridgehead atoms. The van der Waals surface area contributed by atoms with E-state index < -0.39 is 29.2 Å². The van der Waals surface area contributed by atoms with Crippen LogP contribution in [-0.2, 0) is 4.79 Å². The average Bonchev–Trinajstić information content (AvgIpc) is 2.65. The zero-order valence-electron chi connectivity index (χ0n) is 14.1. The number of pyridine rings is 1. The zero-order chi connectivity index (χ0) is 19.7. The van der Waals surface area contributed by atoms with Crippen molar-refractivity contribution in [2.45, 2.75) is 13.0 Å². The van der Waals surface area contributed by atoms with Crippen LogP contribution in [0.3, 0.4) is 0 Å². The average molecular weight is 370 g/mol. The number of carbonyl (C=O) groups is 2. The molecule has 3 rings (SSSR count). The molecule has 8 heteroatoms. The first-order valence-corrected chi connectivity index (χ1v) is 7.87. The summed E-state index contributed by atoms with van der Waals surface area (Å²) in [5, 5.41) is 20.1. The summed E-state index contributed by atoms with van der Waals surface area (Å²) >= 11 is 0. The molecule has 1 aromatic heterocycles. The first-order valence-electron chi connectivity index (χ1n) is 7.87. The van der Waals surface area contributed by atoms with Gasteiger partial charge in [-0.2, -0.15) is 0 Å². The van der Waals surface area contributed by atoms with Crippen LogP contribution in [-0.4, -0.2) is 33.0 Å². The maximum absolute atomic E-state index is 13.0. The molecule has 1 unspecified atom stereocenters. The molecule has 0 saturated heterocycles. The molecule has 0 aliphatic carbocycles. The molecule has 0 spiro atoms. The molecular formula is C19H15FN2O5. The highest BCUT2D eigenvalue weighted by atomic mass is 19.1. The lowest BCUT2D eigenvalue weighted by atomic mass is 10.0. The lowest BCUT2D eigenvalue weighted by Crippen LogP contribution is -2.39. The number of hydrogen-bond acceptors (Lipinski definition) is 6. The summed E-state index contributed by atoms with van der Waals surface area (Å²) in [6.45, 7) is 1.60. The molecule has 7 nitrogen and oxygen atoms in total. The van der Waals surface area contributed by atoms with Crippen molar-refractivity contribution in [1.29, 1.82) is 0 Å². The van der Waals surface area contributed by atoms with E-state index in [1.165, 1.54) is 30.3 Å². The van der Waals surface area contributed by atoms with E-state index in [-0.39, 0.29) is 5.82 Å². The van der Waals surface area contributed by atoms with Crippen molar-refractivity contribution in [3.05, 3.63) is 59.7 Å². The third-order valence-electron chi connectivity index (χ3n) is 3.97. The molecule has 0 radical (unpaired) electrons. The predicted octanol–water partition coefficient (Wildman–Crippen LogP) is 2.77. The minimum atomic E-state index is -1.82. The lowest BCUT2D eigenvalue weighted by Gasteiger charge is -2.12. The lowest BCUT2D eigenvalue weighted by molar-refractivity contribution is -0.137. The minimum Gasteiger partial charge on any atom is -0.505 e. The largest absolute Gasteiger partial charge is 0.505 e. The number of aryl methyl sites for hydroxylation is 1. The van der Waals surface area contributed by atoms with Gasteiger partial charge >= 0.3 is 5.97 Å². The Morgan fingerprint density at radius 3 is 2.37 bits per heavy atom. The molecule has 2 aromatic carbocycles. The Kier molecular flexibility index (Phi) is 4.74. The standard InChI is InChI=1S/C19H15FN2O5/c1-9-14-8-12(27-11-4-2-10(20)3-5-11)6-7-13(14)17(23)16(22-9)18(24)15(21)19(25)26/h2-8,15,23H,21H2,1H3,(H,25,26). The van der Waals surface area contributed by atoms with Crippen LogP contribution >= 0.6 is 0 Å².